The maximum absolute atomic E-state index is 10.8. The van der Waals surface area contributed by atoms with Crippen molar-refractivity contribution in [2.24, 2.45) is 5.84 Å². The molecule has 0 aliphatic heterocycles. The van der Waals surface area contributed by atoms with E-state index in [1.807, 2.05) is 0 Å². The van der Waals surface area contributed by atoms with Gasteiger partial charge in [-0.15, -0.1) is 0 Å². The maximum Gasteiger partial charge on any atom is 0.293 e. The van der Waals surface area contributed by atoms with Crippen LogP contribution in [0.25, 0.3) is 0 Å². The Morgan fingerprint density at radius 3 is 2.48 bits per heavy atom. The third-order valence-corrected chi connectivity index (χ3v) is 3.31. The van der Waals surface area contributed by atoms with Crippen molar-refractivity contribution in [3.05, 3.63) is 62.1 Å². The van der Waals surface area contributed by atoms with Crippen LogP contribution in [0.1, 0.15) is 5.56 Å². The number of ether oxygens (including phenoxy) is 1. The number of nitro benzene ring substituents is 1. The number of halogens is 2. The highest BCUT2D eigenvalue weighted by Gasteiger charge is 2.14. The molecule has 0 fully saturated rings. The van der Waals surface area contributed by atoms with E-state index < -0.39 is 4.92 Å². The minimum Gasteiger partial charge on any atom is -0.486 e. The minimum atomic E-state index is -0.523. The Morgan fingerprint density at radius 2 is 1.90 bits per heavy atom. The molecular formula is C13H11Cl2N3O3. The van der Waals surface area contributed by atoms with Crippen LogP contribution in [0.4, 0.5) is 11.4 Å². The molecular weight excluding hydrogens is 317 g/mol. The van der Waals surface area contributed by atoms with E-state index in [-0.39, 0.29) is 18.0 Å². The molecule has 0 unspecified atom stereocenters. The van der Waals surface area contributed by atoms with Gasteiger partial charge in [-0.2, -0.15) is 0 Å². The fourth-order valence-electron chi connectivity index (χ4n) is 1.72. The molecule has 0 bridgehead atoms. The lowest BCUT2D eigenvalue weighted by atomic mass is 10.2. The van der Waals surface area contributed by atoms with Crippen molar-refractivity contribution in [2.45, 2.75) is 6.61 Å². The average molecular weight is 328 g/mol. The van der Waals surface area contributed by atoms with Gasteiger partial charge in [0.05, 0.1) is 15.0 Å². The third kappa shape index (κ3) is 3.55. The smallest absolute Gasteiger partial charge is 0.293 e. The lowest BCUT2D eigenvalue weighted by Gasteiger charge is -2.10. The number of hydrogen-bond donors (Lipinski definition) is 2. The van der Waals surface area contributed by atoms with Crippen LogP contribution in [0.15, 0.2) is 36.4 Å². The van der Waals surface area contributed by atoms with Crippen LogP contribution in [0.5, 0.6) is 5.75 Å². The van der Waals surface area contributed by atoms with E-state index in [0.717, 1.165) is 0 Å². The first-order valence-corrected chi connectivity index (χ1v) is 6.59. The molecule has 0 atom stereocenters. The lowest BCUT2D eigenvalue weighted by Crippen LogP contribution is -2.10. The molecule has 2 aromatic carbocycles. The van der Waals surface area contributed by atoms with Crippen molar-refractivity contribution in [3.8, 4) is 5.75 Å². The Morgan fingerprint density at radius 1 is 1.24 bits per heavy atom. The number of hydrogen-bond acceptors (Lipinski definition) is 5. The molecule has 0 spiro atoms. The number of benzene rings is 2. The maximum atomic E-state index is 10.8. The fraction of sp³-hybridized carbons (Fsp3) is 0.0769. The summed E-state index contributed by atoms with van der Waals surface area (Å²) in [5.41, 5.74) is 3.06. The summed E-state index contributed by atoms with van der Waals surface area (Å²) < 4.78 is 5.55. The molecule has 0 saturated carbocycles. The van der Waals surface area contributed by atoms with Crippen LogP contribution in [0.2, 0.25) is 10.0 Å². The second-order valence-electron chi connectivity index (χ2n) is 4.09. The highest BCUT2D eigenvalue weighted by Crippen LogP contribution is 2.33. The van der Waals surface area contributed by atoms with E-state index >= 15 is 0 Å². The predicted octanol–water partition coefficient (Wildman–Crippen LogP) is 3.77. The SMILES string of the molecule is NNc1cc(COc2c(Cl)cccc2Cl)ccc1[N+](=O)[O-]. The van der Waals surface area contributed by atoms with Gasteiger partial charge in [0.1, 0.15) is 12.3 Å². The summed E-state index contributed by atoms with van der Waals surface area (Å²) in [7, 11) is 0. The van der Waals surface area contributed by atoms with E-state index in [1.54, 1.807) is 24.3 Å². The van der Waals surface area contributed by atoms with E-state index in [2.05, 4.69) is 5.43 Å². The number of anilines is 1. The Labute approximate surface area is 130 Å². The Kier molecular flexibility index (Phi) is 4.85. The molecule has 2 aromatic rings. The summed E-state index contributed by atoms with van der Waals surface area (Å²) in [6.07, 6.45) is 0. The van der Waals surface area contributed by atoms with E-state index in [0.29, 0.717) is 21.4 Å². The van der Waals surface area contributed by atoms with Gasteiger partial charge < -0.3 is 10.2 Å². The van der Waals surface area contributed by atoms with Crippen molar-refractivity contribution in [3.63, 3.8) is 0 Å². The number of rotatable bonds is 5. The first kappa shape index (κ1) is 15.4. The summed E-state index contributed by atoms with van der Waals surface area (Å²) in [5.74, 6) is 5.64. The van der Waals surface area contributed by atoms with Crippen molar-refractivity contribution < 1.29 is 9.66 Å². The van der Waals surface area contributed by atoms with Gasteiger partial charge in [-0.3, -0.25) is 16.0 Å². The molecule has 0 radical (unpaired) electrons. The summed E-state index contributed by atoms with van der Waals surface area (Å²) in [6.45, 7) is 0.149. The number of nitrogens with one attached hydrogen (secondary N) is 1. The molecule has 0 saturated heterocycles. The summed E-state index contributed by atoms with van der Waals surface area (Å²) in [6, 6.07) is 9.48. The van der Waals surface area contributed by atoms with Gasteiger partial charge in [-0.25, -0.2) is 0 Å². The van der Waals surface area contributed by atoms with Gasteiger partial charge in [-0.1, -0.05) is 29.3 Å². The van der Waals surface area contributed by atoms with Crippen molar-refractivity contribution in [1.82, 2.24) is 0 Å². The van der Waals surface area contributed by atoms with Crippen LogP contribution in [0, 0.1) is 10.1 Å². The van der Waals surface area contributed by atoms with Crippen molar-refractivity contribution >= 4 is 34.6 Å². The summed E-state index contributed by atoms with van der Waals surface area (Å²) >= 11 is 12.0. The molecule has 2 rings (SSSR count). The monoisotopic (exact) mass is 327 g/mol. The normalized spacial score (nSPS) is 10.2. The van der Waals surface area contributed by atoms with Gasteiger partial charge >= 0.3 is 0 Å². The zero-order valence-corrected chi connectivity index (χ0v) is 12.2. The van der Waals surface area contributed by atoms with Crippen molar-refractivity contribution in [1.29, 1.82) is 0 Å². The minimum absolute atomic E-state index is 0.114. The topological polar surface area (TPSA) is 90.4 Å². The van der Waals surface area contributed by atoms with Gasteiger partial charge in [0, 0.05) is 6.07 Å². The predicted molar refractivity (Wildman–Crippen MR) is 81.7 cm³/mol. The standard InChI is InChI=1S/C13H11Cl2N3O3/c14-9-2-1-3-10(15)13(9)21-7-8-4-5-12(18(19)20)11(6-8)17-16/h1-6,17H,7,16H2. The van der Waals surface area contributed by atoms with Crippen LogP contribution in [0.3, 0.4) is 0 Å². The molecule has 0 aromatic heterocycles. The van der Waals surface area contributed by atoms with Crippen LogP contribution < -0.4 is 16.0 Å². The van der Waals surface area contributed by atoms with Crippen LogP contribution in [-0.2, 0) is 6.61 Å². The molecule has 0 aliphatic rings. The zero-order valence-electron chi connectivity index (χ0n) is 10.7. The highest BCUT2D eigenvalue weighted by molar-refractivity contribution is 6.37. The molecule has 3 N–H and O–H groups in total. The molecule has 8 heteroatoms. The van der Waals surface area contributed by atoms with E-state index in [9.17, 15) is 10.1 Å². The third-order valence-electron chi connectivity index (χ3n) is 2.72. The van der Waals surface area contributed by atoms with Crippen molar-refractivity contribution in [2.75, 3.05) is 5.43 Å². The second kappa shape index (κ2) is 6.62. The van der Waals surface area contributed by atoms with Gasteiger partial charge in [0.2, 0.25) is 0 Å². The molecule has 21 heavy (non-hydrogen) atoms. The fourth-order valence-corrected chi connectivity index (χ4v) is 2.23. The largest absolute Gasteiger partial charge is 0.486 e. The van der Waals surface area contributed by atoms with Crippen LogP contribution in [-0.4, -0.2) is 4.92 Å². The van der Waals surface area contributed by atoms with E-state index in [1.165, 1.54) is 12.1 Å². The van der Waals surface area contributed by atoms with Gasteiger partial charge in [-0.05, 0) is 29.8 Å². The quantitative estimate of drug-likeness (QED) is 0.495. The number of nitrogens with zero attached hydrogens (tertiary/aromatic N) is 1. The summed E-state index contributed by atoms with van der Waals surface area (Å²) in [4.78, 5) is 10.3. The lowest BCUT2D eigenvalue weighted by molar-refractivity contribution is -0.384. The molecule has 0 aliphatic carbocycles. The zero-order chi connectivity index (χ0) is 15.4. The Bertz CT molecular complexity index is 659. The molecule has 110 valence electrons. The highest BCUT2D eigenvalue weighted by atomic mass is 35.5. The van der Waals surface area contributed by atoms with E-state index in [4.69, 9.17) is 33.8 Å². The Hall–Kier alpha value is -2.02. The second-order valence-corrected chi connectivity index (χ2v) is 4.91. The number of nitro groups is 1. The number of nitrogens with two attached hydrogens (primary N) is 1. The van der Waals surface area contributed by atoms with Gasteiger partial charge in [0.15, 0.2) is 5.75 Å². The molecule has 0 heterocycles. The number of nitrogen functional groups attached to an aromatic ring is 1. The molecule has 6 nitrogen and oxygen atoms in total. The number of para-hydroxylation sites is 1. The number of hydrazine groups is 1. The molecule has 0 amide bonds. The summed E-state index contributed by atoms with van der Waals surface area (Å²) in [5, 5.41) is 11.6. The van der Waals surface area contributed by atoms with Gasteiger partial charge in [0.25, 0.3) is 5.69 Å². The Balaban J connectivity index is 2.19. The first-order chi connectivity index (χ1) is 10.0. The average Bonchev–Trinajstić information content (AvgIpc) is 2.46. The van der Waals surface area contributed by atoms with Crippen LogP contribution >= 0.6 is 23.2 Å². The first-order valence-electron chi connectivity index (χ1n) is 5.83.